The monoisotopic (exact) mass is 481 g/mol. The summed E-state index contributed by atoms with van der Waals surface area (Å²) in [6, 6.07) is 12.9. The highest BCUT2D eigenvalue weighted by Crippen LogP contribution is 2.48. The van der Waals surface area contributed by atoms with Gasteiger partial charge in [0.15, 0.2) is 5.41 Å². The Bertz CT molecular complexity index is 988. The maximum absolute atomic E-state index is 16.1. The molecule has 0 heterocycles. The number of alkyl halides is 2. The Morgan fingerprint density at radius 2 is 1.22 bits per heavy atom. The molecule has 0 spiro atoms. The number of carbonyl (C=O) groups excluding carboxylic acids is 1. The van der Waals surface area contributed by atoms with Crippen molar-refractivity contribution in [3.05, 3.63) is 66.2 Å². The number of halogens is 2. The lowest BCUT2D eigenvalue weighted by Gasteiger charge is -2.44. The molecule has 0 aromatic heterocycles. The van der Waals surface area contributed by atoms with Crippen LogP contribution >= 0.6 is 0 Å². The molecule has 0 saturated carbocycles. The Labute approximate surface area is 191 Å². The second kappa shape index (κ2) is 9.93. The summed E-state index contributed by atoms with van der Waals surface area (Å²) in [5.41, 5.74) is -0.654. The van der Waals surface area contributed by atoms with Gasteiger partial charge in [0.2, 0.25) is 10.0 Å². The van der Waals surface area contributed by atoms with Gasteiger partial charge in [-0.2, -0.15) is 13.5 Å². The second-order valence-corrected chi connectivity index (χ2v) is 16.6. The molecule has 1 atom stereocenters. The molecule has 0 aliphatic rings. The zero-order chi connectivity index (χ0) is 24.3. The summed E-state index contributed by atoms with van der Waals surface area (Å²) in [6.07, 6.45) is 0. The van der Waals surface area contributed by atoms with Crippen LogP contribution in [0.4, 0.5) is 8.78 Å². The standard InChI is InChI=1S/C24H33F2NO3SSi/c1-17(2)32(18(3)4,19(5)6)23(28)24(25,26)22(20-13-9-7-10-14-20)27-31(29,30)21-15-11-8-12-16-21/h7-19,22,27H,1-6H3. The summed E-state index contributed by atoms with van der Waals surface area (Å²) in [7, 11) is -7.54. The Kier molecular flexibility index (Phi) is 8.18. The van der Waals surface area contributed by atoms with E-state index in [1.165, 1.54) is 36.4 Å². The molecule has 2 rings (SSSR count). The zero-order valence-corrected chi connectivity index (χ0v) is 21.3. The van der Waals surface area contributed by atoms with E-state index >= 15 is 8.78 Å². The Morgan fingerprint density at radius 1 is 0.812 bits per heavy atom. The van der Waals surface area contributed by atoms with Gasteiger partial charge in [0, 0.05) is 0 Å². The minimum absolute atomic E-state index is 0.0459. The van der Waals surface area contributed by atoms with E-state index in [0.717, 1.165) is 0 Å². The van der Waals surface area contributed by atoms with E-state index in [1.807, 2.05) is 41.5 Å². The van der Waals surface area contributed by atoms with Crippen molar-refractivity contribution in [1.82, 2.24) is 4.72 Å². The van der Waals surface area contributed by atoms with E-state index in [9.17, 15) is 13.2 Å². The quantitative estimate of drug-likeness (QED) is 0.415. The van der Waals surface area contributed by atoms with Crippen LogP contribution in [0.25, 0.3) is 0 Å². The highest BCUT2D eigenvalue weighted by atomic mass is 32.2. The van der Waals surface area contributed by atoms with Crippen molar-refractivity contribution in [2.45, 2.75) is 75.0 Å². The van der Waals surface area contributed by atoms with Crippen LogP contribution in [-0.4, -0.2) is 27.8 Å². The van der Waals surface area contributed by atoms with Gasteiger partial charge in [-0.15, -0.1) is 0 Å². The molecule has 0 bridgehead atoms. The van der Waals surface area contributed by atoms with Gasteiger partial charge in [-0.05, 0) is 34.3 Å². The highest BCUT2D eigenvalue weighted by molar-refractivity contribution is 7.89. The molecule has 2 aromatic carbocycles. The van der Waals surface area contributed by atoms with Crippen LogP contribution in [-0.2, 0) is 14.8 Å². The fourth-order valence-corrected chi connectivity index (χ4v) is 12.6. The predicted octanol–water partition coefficient (Wildman–Crippen LogP) is 6.13. The van der Waals surface area contributed by atoms with Gasteiger partial charge in [-0.3, -0.25) is 4.79 Å². The van der Waals surface area contributed by atoms with E-state index in [-0.39, 0.29) is 27.1 Å². The SMILES string of the molecule is CC(C)[Si](C(=O)C(F)(F)C(NS(=O)(=O)c1ccccc1)c1ccccc1)(C(C)C)C(C)C. The first-order valence-electron chi connectivity index (χ1n) is 10.8. The lowest BCUT2D eigenvalue weighted by molar-refractivity contribution is -0.139. The number of hydrogen-bond acceptors (Lipinski definition) is 3. The van der Waals surface area contributed by atoms with Gasteiger partial charge in [-0.1, -0.05) is 90.1 Å². The number of rotatable bonds is 10. The first-order valence-corrected chi connectivity index (χ1v) is 14.6. The molecule has 0 aliphatic heterocycles. The number of carbonyl (C=O) groups is 1. The van der Waals surface area contributed by atoms with Gasteiger partial charge in [0.05, 0.1) is 4.90 Å². The minimum atomic E-state index is -4.30. The maximum atomic E-state index is 16.1. The van der Waals surface area contributed by atoms with Crippen molar-refractivity contribution >= 4 is 23.5 Å². The molecule has 8 heteroatoms. The van der Waals surface area contributed by atoms with Crippen LogP contribution < -0.4 is 4.72 Å². The fraction of sp³-hybridized carbons (Fsp3) is 0.458. The normalized spacial score (nSPS) is 14.2. The van der Waals surface area contributed by atoms with Crippen LogP contribution in [0, 0.1) is 0 Å². The highest BCUT2D eigenvalue weighted by Gasteiger charge is 2.61. The van der Waals surface area contributed by atoms with Gasteiger partial charge in [0.1, 0.15) is 14.1 Å². The molecule has 2 aromatic rings. The third kappa shape index (κ3) is 4.87. The average Bonchev–Trinajstić information content (AvgIpc) is 2.72. The Hall–Kier alpha value is -1.90. The smallest absolute Gasteiger partial charge is 0.299 e. The van der Waals surface area contributed by atoms with E-state index in [4.69, 9.17) is 0 Å². The minimum Gasteiger partial charge on any atom is -0.299 e. The van der Waals surface area contributed by atoms with Crippen molar-refractivity contribution in [1.29, 1.82) is 0 Å². The number of benzene rings is 2. The third-order valence-electron chi connectivity index (χ3n) is 6.38. The number of hydrogen-bond donors (Lipinski definition) is 1. The van der Waals surface area contributed by atoms with Crippen LogP contribution in [0.3, 0.4) is 0 Å². The Morgan fingerprint density at radius 3 is 1.62 bits per heavy atom. The molecule has 0 amide bonds. The molecule has 176 valence electrons. The first kappa shape index (κ1) is 26.4. The molecule has 0 radical (unpaired) electrons. The Balaban J connectivity index is 2.66. The molecule has 32 heavy (non-hydrogen) atoms. The average molecular weight is 482 g/mol. The second-order valence-electron chi connectivity index (χ2n) is 9.13. The summed E-state index contributed by atoms with van der Waals surface area (Å²) in [5.74, 6) is -3.92. The molecular formula is C24H33F2NO3SSi. The van der Waals surface area contributed by atoms with Gasteiger partial charge >= 0.3 is 5.92 Å². The van der Waals surface area contributed by atoms with Crippen molar-refractivity contribution in [2.24, 2.45) is 0 Å². The topological polar surface area (TPSA) is 63.2 Å². The lowest BCUT2D eigenvalue weighted by atomic mass is 10.0. The molecule has 0 fully saturated rings. The van der Waals surface area contributed by atoms with Crippen LogP contribution in [0.2, 0.25) is 16.6 Å². The van der Waals surface area contributed by atoms with E-state index in [1.54, 1.807) is 24.3 Å². The van der Waals surface area contributed by atoms with Crippen LogP contribution in [0.1, 0.15) is 53.1 Å². The van der Waals surface area contributed by atoms with Gasteiger partial charge in [-0.25, -0.2) is 8.42 Å². The fourth-order valence-electron chi connectivity index (χ4n) is 5.03. The summed E-state index contributed by atoms with van der Waals surface area (Å²) in [4.78, 5) is 13.6. The van der Waals surface area contributed by atoms with Gasteiger partial charge in [0.25, 0.3) is 0 Å². The first-order chi connectivity index (χ1) is 14.8. The molecule has 1 N–H and O–H groups in total. The summed E-state index contributed by atoms with van der Waals surface area (Å²) in [6.45, 7) is 11.0. The van der Waals surface area contributed by atoms with E-state index < -0.39 is 35.5 Å². The van der Waals surface area contributed by atoms with Crippen molar-refractivity contribution < 1.29 is 22.0 Å². The largest absolute Gasteiger partial charge is 0.320 e. The van der Waals surface area contributed by atoms with Crippen molar-refractivity contribution in [3.8, 4) is 0 Å². The van der Waals surface area contributed by atoms with Crippen LogP contribution in [0.5, 0.6) is 0 Å². The maximum Gasteiger partial charge on any atom is 0.320 e. The zero-order valence-electron chi connectivity index (χ0n) is 19.5. The molecule has 1 unspecified atom stereocenters. The van der Waals surface area contributed by atoms with Crippen molar-refractivity contribution in [2.75, 3.05) is 0 Å². The lowest BCUT2D eigenvalue weighted by Crippen LogP contribution is -2.62. The predicted molar refractivity (Wildman–Crippen MR) is 127 cm³/mol. The van der Waals surface area contributed by atoms with Crippen molar-refractivity contribution in [3.63, 3.8) is 0 Å². The molecule has 4 nitrogen and oxygen atoms in total. The molecule has 0 aliphatic carbocycles. The van der Waals surface area contributed by atoms with Crippen LogP contribution in [0.15, 0.2) is 65.6 Å². The van der Waals surface area contributed by atoms with E-state index in [0.29, 0.717) is 0 Å². The molecular weight excluding hydrogens is 448 g/mol. The summed E-state index contributed by atoms with van der Waals surface area (Å²) >= 11 is 0. The number of nitrogens with one attached hydrogen (secondary N) is 1. The molecule has 0 saturated heterocycles. The number of sulfonamides is 1. The third-order valence-corrected chi connectivity index (χ3v) is 14.7. The van der Waals surface area contributed by atoms with Gasteiger partial charge < -0.3 is 0 Å². The summed E-state index contributed by atoms with van der Waals surface area (Å²) in [5, 5.41) is -1.10. The van der Waals surface area contributed by atoms with E-state index in [2.05, 4.69) is 4.72 Å². The summed E-state index contributed by atoms with van der Waals surface area (Å²) < 4.78 is 60.4.